The van der Waals surface area contributed by atoms with Crippen molar-refractivity contribution >= 4 is 11.9 Å². The number of esters is 2. The number of aryl methyl sites for hydroxylation is 2. The number of rotatable bonds is 6. The van der Waals surface area contributed by atoms with Crippen LogP contribution in [0.1, 0.15) is 29.5 Å². The predicted molar refractivity (Wildman–Crippen MR) is 72.1 cm³/mol. The second-order valence-electron chi connectivity index (χ2n) is 4.63. The zero-order valence-electron chi connectivity index (χ0n) is 12.3. The third-order valence-electron chi connectivity index (χ3n) is 3.19. The molecule has 0 amide bonds. The van der Waals surface area contributed by atoms with Crippen molar-refractivity contribution in [2.24, 2.45) is 0 Å². The summed E-state index contributed by atoms with van der Waals surface area (Å²) in [5.41, 5.74) is 0.181. The highest BCUT2D eigenvalue weighted by Crippen LogP contribution is 2.31. The van der Waals surface area contributed by atoms with Gasteiger partial charge in [-0.2, -0.15) is 13.2 Å². The fourth-order valence-corrected chi connectivity index (χ4v) is 1.96. The van der Waals surface area contributed by atoms with Crippen LogP contribution in [0.2, 0.25) is 0 Å². The van der Waals surface area contributed by atoms with Gasteiger partial charge in [-0.25, -0.2) is 0 Å². The number of halogens is 3. The van der Waals surface area contributed by atoms with Crippen molar-refractivity contribution < 1.29 is 32.2 Å². The minimum Gasteiger partial charge on any atom is -0.469 e. The standard InChI is InChI=1S/C15H17F3O4/c1-21-13(19)7-4-10-3-6-12(15(16,17)18)9-11(10)5-8-14(20)22-2/h3,6,9H,4-5,7-8H2,1-2H3. The van der Waals surface area contributed by atoms with E-state index in [4.69, 9.17) is 0 Å². The van der Waals surface area contributed by atoms with E-state index in [9.17, 15) is 22.8 Å². The Labute approximate surface area is 126 Å². The third kappa shape index (κ3) is 5.38. The Morgan fingerprint density at radius 1 is 0.955 bits per heavy atom. The zero-order valence-corrected chi connectivity index (χ0v) is 12.3. The topological polar surface area (TPSA) is 52.6 Å². The van der Waals surface area contributed by atoms with Crippen molar-refractivity contribution in [2.45, 2.75) is 31.9 Å². The molecule has 0 unspecified atom stereocenters. The molecule has 0 aromatic heterocycles. The lowest BCUT2D eigenvalue weighted by molar-refractivity contribution is -0.141. The molecule has 0 saturated heterocycles. The summed E-state index contributed by atoms with van der Waals surface area (Å²) in [7, 11) is 2.46. The third-order valence-corrected chi connectivity index (χ3v) is 3.19. The minimum atomic E-state index is -4.46. The van der Waals surface area contributed by atoms with E-state index in [1.807, 2.05) is 0 Å². The van der Waals surface area contributed by atoms with Gasteiger partial charge in [0.05, 0.1) is 19.8 Å². The van der Waals surface area contributed by atoms with Gasteiger partial charge in [-0.15, -0.1) is 0 Å². The van der Waals surface area contributed by atoms with Gasteiger partial charge in [-0.1, -0.05) is 6.07 Å². The van der Waals surface area contributed by atoms with Crippen molar-refractivity contribution in [1.29, 1.82) is 0 Å². The Morgan fingerprint density at radius 2 is 1.45 bits per heavy atom. The van der Waals surface area contributed by atoms with Gasteiger partial charge in [0.25, 0.3) is 0 Å². The van der Waals surface area contributed by atoms with Crippen LogP contribution in [0.3, 0.4) is 0 Å². The summed E-state index contributed by atoms with van der Waals surface area (Å²) in [5.74, 6) is -0.949. The first-order chi connectivity index (χ1) is 10.3. The molecular weight excluding hydrogens is 301 g/mol. The van der Waals surface area contributed by atoms with Gasteiger partial charge >= 0.3 is 18.1 Å². The first-order valence-electron chi connectivity index (χ1n) is 6.60. The van der Waals surface area contributed by atoms with E-state index in [0.717, 1.165) is 12.1 Å². The van der Waals surface area contributed by atoms with E-state index in [1.165, 1.54) is 20.3 Å². The average molecular weight is 318 g/mol. The Morgan fingerprint density at radius 3 is 1.91 bits per heavy atom. The number of methoxy groups -OCH3 is 2. The molecule has 0 radical (unpaired) electrons. The van der Waals surface area contributed by atoms with Crippen LogP contribution in [0.15, 0.2) is 18.2 Å². The van der Waals surface area contributed by atoms with E-state index >= 15 is 0 Å². The van der Waals surface area contributed by atoms with E-state index in [-0.39, 0.29) is 25.7 Å². The summed E-state index contributed by atoms with van der Waals surface area (Å²) in [5, 5.41) is 0. The quantitative estimate of drug-likeness (QED) is 0.757. The fourth-order valence-electron chi connectivity index (χ4n) is 1.96. The maximum atomic E-state index is 12.8. The van der Waals surface area contributed by atoms with Crippen LogP contribution in [0.4, 0.5) is 13.2 Å². The highest BCUT2D eigenvalue weighted by Gasteiger charge is 2.31. The molecule has 122 valence electrons. The Kier molecular flexibility index (Phi) is 6.39. The summed E-state index contributed by atoms with van der Waals surface area (Å²) < 4.78 is 47.3. The molecule has 22 heavy (non-hydrogen) atoms. The van der Waals surface area contributed by atoms with Crippen LogP contribution < -0.4 is 0 Å². The second-order valence-corrected chi connectivity index (χ2v) is 4.63. The minimum absolute atomic E-state index is 0.0248. The van der Waals surface area contributed by atoms with Crippen LogP contribution in [0.5, 0.6) is 0 Å². The number of benzene rings is 1. The van der Waals surface area contributed by atoms with Crippen molar-refractivity contribution in [3.8, 4) is 0 Å². The lowest BCUT2D eigenvalue weighted by Crippen LogP contribution is -2.10. The zero-order chi connectivity index (χ0) is 16.8. The van der Waals surface area contributed by atoms with Gasteiger partial charge in [0.2, 0.25) is 0 Å². The monoisotopic (exact) mass is 318 g/mol. The maximum Gasteiger partial charge on any atom is 0.416 e. The van der Waals surface area contributed by atoms with Crippen molar-refractivity contribution in [3.63, 3.8) is 0 Å². The number of hydrogen-bond acceptors (Lipinski definition) is 4. The molecule has 0 N–H and O–H groups in total. The van der Waals surface area contributed by atoms with E-state index in [2.05, 4.69) is 9.47 Å². The number of ether oxygens (including phenoxy) is 2. The summed E-state index contributed by atoms with van der Waals surface area (Å²) >= 11 is 0. The highest BCUT2D eigenvalue weighted by atomic mass is 19.4. The number of hydrogen-bond donors (Lipinski definition) is 0. The molecule has 1 rings (SSSR count). The maximum absolute atomic E-state index is 12.8. The summed E-state index contributed by atoms with van der Waals surface area (Å²) in [6, 6.07) is 3.31. The van der Waals surface area contributed by atoms with Crippen LogP contribution in [-0.4, -0.2) is 26.2 Å². The molecule has 4 nitrogen and oxygen atoms in total. The first-order valence-corrected chi connectivity index (χ1v) is 6.60. The summed E-state index contributed by atoms with van der Waals surface area (Å²) in [6.45, 7) is 0. The lowest BCUT2D eigenvalue weighted by atomic mass is 9.96. The van der Waals surface area contributed by atoms with E-state index in [0.29, 0.717) is 11.1 Å². The Hall–Kier alpha value is -2.05. The second kappa shape index (κ2) is 7.82. The predicted octanol–water partition coefficient (Wildman–Crippen LogP) is 2.92. The lowest BCUT2D eigenvalue weighted by Gasteiger charge is -2.13. The van der Waals surface area contributed by atoms with Crippen molar-refractivity contribution in [1.82, 2.24) is 0 Å². The molecule has 1 aromatic carbocycles. The largest absolute Gasteiger partial charge is 0.469 e. The molecule has 0 spiro atoms. The van der Waals surface area contributed by atoms with Crippen LogP contribution >= 0.6 is 0 Å². The fraction of sp³-hybridized carbons (Fsp3) is 0.467. The van der Waals surface area contributed by atoms with Crippen molar-refractivity contribution in [2.75, 3.05) is 14.2 Å². The normalized spacial score (nSPS) is 11.1. The van der Waals surface area contributed by atoms with Gasteiger partial charge in [0.15, 0.2) is 0 Å². The average Bonchev–Trinajstić information content (AvgIpc) is 2.49. The smallest absolute Gasteiger partial charge is 0.416 e. The molecule has 0 saturated carbocycles. The SMILES string of the molecule is COC(=O)CCc1ccc(C(F)(F)F)cc1CCC(=O)OC. The molecule has 1 aromatic rings. The number of carbonyl (C=O) groups is 2. The van der Waals surface area contributed by atoms with Gasteiger partial charge in [-0.05, 0) is 36.1 Å². The summed E-state index contributed by atoms with van der Waals surface area (Å²) in [6.07, 6.45) is -4.05. The molecule has 0 atom stereocenters. The van der Waals surface area contributed by atoms with Crippen molar-refractivity contribution in [3.05, 3.63) is 34.9 Å². The van der Waals surface area contributed by atoms with Crippen LogP contribution in [-0.2, 0) is 38.1 Å². The molecule has 0 fully saturated rings. The van der Waals surface area contributed by atoms with Gasteiger partial charge in [0, 0.05) is 12.8 Å². The molecule has 0 aliphatic heterocycles. The highest BCUT2D eigenvalue weighted by molar-refractivity contribution is 5.70. The molecule has 7 heteroatoms. The van der Waals surface area contributed by atoms with Gasteiger partial charge in [-0.3, -0.25) is 9.59 Å². The Balaban J connectivity index is 2.97. The Bertz CT molecular complexity index is 538. The van der Waals surface area contributed by atoms with Gasteiger partial charge in [0.1, 0.15) is 0 Å². The number of carbonyl (C=O) groups excluding carboxylic acids is 2. The van der Waals surface area contributed by atoms with Crippen LogP contribution in [0, 0.1) is 0 Å². The van der Waals surface area contributed by atoms with Crippen LogP contribution in [0.25, 0.3) is 0 Å². The molecular formula is C15H17F3O4. The molecule has 0 aliphatic rings. The summed E-state index contributed by atoms with van der Waals surface area (Å²) in [4.78, 5) is 22.3. The van der Waals surface area contributed by atoms with Gasteiger partial charge < -0.3 is 9.47 Å². The first kappa shape index (κ1) is 18.0. The van der Waals surface area contributed by atoms with E-state index in [1.54, 1.807) is 0 Å². The molecule has 0 bridgehead atoms. The molecule has 0 aliphatic carbocycles. The van der Waals surface area contributed by atoms with E-state index < -0.39 is 23.7 Å². The number of alkyl halides is 3. The molecule has 0 heterocycles.